The molecule has 3 aromatic heterocycles. The Morgan fingerprint density at radius 1 is 1.22 bits per heavy atom. The second-order valence-corrected chi connectivity index (χ2v) is 10.5. The summed E-state index contributed by atoms with van der Waals surface area (Å²) in [7, 11) is 1.74. The Labute approximate surface area is 211 Å². The van der Waals surface area contributed by atoms with Crippen LogP contribution in [0.1, 0.15) is 70.3 Å². The third-order valence-electron chi connectivity index (χ3n) is 8.19. The van der Waals surface area contributed by atoms with Crippen molar-refractivity contribution in [3.8, 4) is 16.9 Å². The van der Waals surface area contributed by atoms with Gasteiger partial charge in [-0.15, -0.1) is 0 Å². The topological polar surface area (TPSA) is 85.8 Å². The minimum Gasteiger partial charge on any atom is -0.434 e. The van der Waals surface area contributed by atoms with Crippen LogP contribution in [0.15, 0.2) is 48.8 Å². The molecular formula is C28H25F2N5O2. The summed E-state index contributed by atoms with van der Waals surface area (Å²) >= 11 is 0. The first-order valence-corrected chi connectivity index (χ1v) is 12.4. The summed E-state index contributed by atoms with van der Waals surface area (Å²) in [6, 6.07) is 10.6. The lowest BCUT2D eigenvalue weighted by atomic mass is 9.91. The number of amides is 1. The fourth-order valence-corrected chi connectivity index (χ4v) is 6.39. The molecule has 7 nitrogen and oxygen atoms in total. The van der Waals surface area contributed by atoms with Gasteiger partial charge in [0.15, 0.2) is 0 Å². The number of aryl methyl sites for hydroxylation is 1. The van der Waals surface area contributed by atoms with Crippen LogP contribution in [0.2, 0.25) is 0 Å². The molecule has 0 radical (unpaired) electrons. The molecule has 1 aromatic carbocycles. The first-order chi connectivity index (χ1) is 17.7. The number of alkyl halides is 2. The van der Waals surface area contributed by atoms with E-state index in [4.69, 9.17) is 20.4 Å². The molecule has 0 fully saturated rings. The Morgan fingerprint density at radius 2 is 2.05 bits per heavy atom. The number of benzene rings is 1. The van der Waals surface area contributed by atoms with Gasteiger partial charge in [-0.3, -0.25) is 9.78 Å². The normalized spacial score (nSPS) is 23.8. The van der Waals surface area contributed by atoms with E-state index in [2.05, 4.69) is 6.07 Å². The van der Waals surface area contributed by atoms with Crippen molar-refractivity contribution in [2.45, 2.75) is 50.3 Å². The van der Waals surface area contributed by atoms with Crippen LogP contribution in [-0.4, -0.2) is 38.8 Å². The standard InChI is InChI=1S/C28H25F2N5O2/c1-28(31)9-8-14-10-16(12-32-25(14)28)15-6-7-21-33-23-19-11-18(24(23)35(21)13-15)22-17(26(36)34(19)2)4-3-5-20(22)37-27(29)30/h3-7,10,12-13,18-19,27H,8-9,11,31H2,1-2H3. The molecule has 4 heterocycles. The van der Waals surface area contributed by atoms with Crippen LogP contribution in [0.5, 0.6) is 5.75 Å². The van der Waals surface area contributed by atoms with Gasteiger partial charge in [-0.1, -0.05) is 6.07 Å². The molecular weight excluding hydrogens is 476 g/mol. The summed E-state index contributed by atoms with van der Waals surface area (Å²) in [5.41, 5.74) is 13.4. The van der Waals surface area contributed by atoms with Crippen LogP contribution in [-0.2, 0) is 12.0 Å². The summed E-state index contributed by atoms with van der Waals surface area (Å²) in [6.07, 6.45) is 6.19. The van der Waals surface area contributed by atoms with Crippen LogP contribution >= 0.6 is 0 Å². The molecule has 2 N–H and O–H groups in total. The van der Waals surface area contributed by atoms with E-state index < -0.39 is 12.2 Å². The van der Waals surface area contributed by atoms with Gasteiger partial charge in [0, 0.05) is 47.6 Å². The van der Waals surface area contributed by atoms with Crippen molar-refractivity contribution in [3.63, 3.8) is 0 Å². The Hall–Kier alpha value is -3.85. The Balaban J connectivity index is 1.41. The van der Waals surface area contributed by atoms with Gasteiger partial charge < -0.3 is 19.8 Å². The molecule has 2 aliphatic carbocycles. The van der Waals surface area contributed by atoms with Gasteiger partial charge >= 0.3 is 6.61 Å². The van der Waals surface area contributed by atoms with Crippen LogP contribution in [0, 0.1) is 0 Å². The predicted octanol–water partition coefficient (Wildman–Crippen LogP) is 4.78. The van der Waals surface area contributed by atoms with E-state index in [-0.39, 0.29) is 23.6 Å². The number of hydrogen-bond donors (Lipinski definition) is 1. The molecule has 188 valence electrons. The second-order valence-electron chi connectivity index (χ2n) is 10.5. The molecule has 3 aliphatic rings. The van der Waals surface area contributed by atoms with Crippen molar-refractivity contribution >= 4 is 11.6 Å². The van der Waals surface area contributed by atoms with Gasteiger partial charge in [-0.25, -0.2) is 4.98 Å². The summed E-state index contributed by atoms with van der Waals surface area (Å²) in [4.78, 5) is 24.6. The number of pyridine rings is 2. The average molecular weight is 502 g/mol. The lowest BCUT2D eigenvalue weighted by molar-refractivity contribution is -0.0506. The average Bonchev–Trinajstić information content (AvgIpc) is 3.50. The molecule has 3 unspecified atom stereocenters. The molecule has 1 amide bonds. The highest BCUT2D eigenvalue weighted by Crippen LogP contribution is 2.52. The second kappa shape index (κ2) is 7.58. The van der Waals surface area contributed by atoms with Gasteiger partial charge in [-0.2, -0.15) is 8.78 Å². The number of nitrogens with zero attached hydrogens (tertiary/aromatic N) is 4. The molecule has 0 saturated heterocycles. The molecule has 3 atom stereocenters. The SMILES string of the molecule is CN1C(=O)c2cccc(OC(F)F)c2C2CC1c1nc3ccc(-c4cnc5c(c4)CCC5(C)N)cn3c12. The van der Waals surface area contributed by atoms with Gasteiger partial charge in [-0.05, 0) is 62.1 Å². The molecule has 2 bridgehead atoms. The summed E-state index contributed by atoms with van der Waals surface area (Å²) < 4.78 is 33.6. The van der Waals surface area contributed by atoms with E-state index in [1.165, 1.54) is 6.07 Å². The minimum atomic E-state index is -2.99. The number of hydrogen-bond acceptors (Lipinski definition) is 5. The van der Waals surface area contributed by atoms with E-state index in [0.717, 1.165) is 52.3 Å². The first kappa shape index (κ1) is 22.4. The maximum Gasteiger partial charge on any atom is 0.387 e. The maximum atomic E-state index is 13.3. The largest absolute Gasteiger partial charge is 0.434 e. The van der Waals surface area contributed by atoms with Crippen LogP contribution < -0.4 is 10.5 Å². The number of ether oxygens (including phenoxy) is 1. The van der Waals surface area contributed by atoms with Crippen molar-refractivity contribution in [2.75, 3.05) is 7.05 Å². The molecule has 0 spiro atoms. The van der Waals surface area contributed by atoms with E-state index >= 15 is 0 Å². The highest BCUT2D eigenvalue weighted by Gasteiger charge is 2.46. The highest BCUT2D eigenvalue weighted by atomic mass is 19.3. The number of aromatic nitrogens is 3. The van der Waals surface area contributed by atoms with Crippen molar-refractivity contribution in [1.29, 1.82) is 0 Å². The number of carbonyl (C=O) groups excluding carboxylic acids is 1. The maximum absolute atomic E-state index is 13.3. The zero-order chi connectivity index (χ0) is 25.6. The number of rotatable bonds is 3. The molecule has 37 heavy (non-hydrogen) atoms. The molecule has 4 aromatic rings. The zero-order valence-electron chi connectivity index (χ0n) is 20.4. The Bertz CT molecular complexity index is 1610. The van der Waals surface area contributed by atoms with E-state index in [0.29, 0.717) is 17.5 Å². The van der Waals surface area contributed by atoms with E-state index in [9.17, 15) is 13.6 Å². The van der Waals surface area contributed by atoms with Crippen molar-refractivity contribution in [3.05, 3.63) is 82.6 Å². The predicted molar refractivity (Wildman–Crippen MR) is 133 cm³/mol. The lowest BCUT2D eigenvalue weighted by Gasteiger charge is -2.24. The fourth-order valence-electron chi connectivity index (χ4n) is 6.39. The smallest absolute Gasteiger partial charge is 0.387 e. The summed E-state index contributed by atoms with van der Waals surface area (Å²) in [5, 5.41) is 0. The number of halogens is 2. The van der Waals surface area contributed by atoms with Gasteiger partial charge in [0.05, 0.1) is 28.7 Å². The van der Waals surface area contributed by atoms with Crippen LogP contribution in [0.25, 0.3) is 16.8 Å². The molecule has 7 rings (SSSR count). The quantitative estimate of drug-likeness (QED) is 0.437. The fraction of sp³-hybridized carbons (Fsp3) is 0.321. The number of imidazole rings is 1. The molecule has 9 heteroatoms. The monoisotopic (exact) mass is 501 g/mol. The molecule has 1 aliphatic heterocycles. The third-order valence-corrected chi connectivity index (χ3v) is 8.19. The van der Waals surface area contributed by atoms with Crippen molar-refractivity contribution in [1.82, 2.24) is 19.3 Å². The summed E-state index contributed by atoms with van der Waals surface area (Å²) in [6.45, 7) is -0.978. The van der Waals surface area contributed by atoms with Gasteiger partial charge in [0.2, 0.25) is 0 Å². The molecule has 0 saturated carbocycles. The summed E-state index contributed by atoms with van der Waals surface area (Å²) in [5.74, 6) is -0.506. The first-order valence-electron chi connectivity index (χ1n) is 12.4. The van der Waals surface area contributed by atoms with Crippen LogP contribution in [0.3, 0.4) is 0 Å². The minimum absolute atomic E-state index is 0.0338. The Kier molecular flexibility index (Phi) is 4.58. The van der Waals surface area contributed by atoms with Gasteiger partial charge in [0.1, 0.15) is 11.4 Å². The van der Waals surface area contributed by atoms with Crippen molar-refractivity contribution < 1.29 is 18.3 Å². The van der Waals surface area contributed by atoms with Gasteiger partial charge in [0.25, 0.3) is 5.91 Å². The van der Waals surface area contributed by atoms with E-state index in [1.807, 2.05) is 35.9 Å². The van der Waals surface area contributed by atoms with Crippen molar-refractivity contribution in [2.24, 2.45) is 5.73 Å². The van der Waals surface area contributed by atoms with E-state index in [1.54, 1.807) is 24.1 Å². The number of fused-ring (bicyclic) bond motifs is 10. The highest BCUT2D eigenvalue weighted by molar-refractivity contribution is 5.98. The third kappa shape index (κ3) is 3.16. The Morgan fingerprint density at radius 3 is 2.86 bits per heavy atom. The number of nitrogens with two attached hydrogens (primary N) is 1. The lowest BCUT2D eigenvalue weighted by Crippen LogP contribution is -2.30. The number of carbonyl (C=O) groups is 1. The van der Waals surface area contributed by atoms with Crippen LogP contribution in [0.4, 0.5) is 8.78 Å². The zero-order valence-corrected chi connectivity index (χ0v) is 20.4.